The third-order valence-electron chi connectivity index (χ3n) is 4.74. The predicted octanol–water partition coefficient (Wildman–Crippen LogP) is 4.19. The highest BCUT2D eigenvalue weighted by molar-refractivity contribution is 14.0. The van der Waals surface area contributed by atoms with E-state index >= 15 is 0 Å². The molecule has 3 rings (SSSR count). The van der Waals surface area contributed by atoms with Crippen molar-refractivity contribution in [1.29, 1.82) is 0 Å². The number of carbonyl (C=O) groups excluding carboxylic acids is 1. The molecular weight excluding hydrogens is 519 g/mol. The standard InChI is InChI=1S/C20H28N4O2S2.HI/c1-4-26-19(25)15-6-5-11-24(12-15)20(21-3)22-10-9-16-7-8-18(28-16)17-13-27-14(2)23-17;/h7-8,13,15H,4-6,9-12H2,1-3H3,(H,21,22);1H/t15-;/m1./s1. The molecule has 9 heteroatoms. The molecule has 1 aliphatic rings. The Kier molecular flexibility index (Phi) is 9.84. The molecule has 160 valence electrons. The molecule has 1 N–H and O–H groups in total. The average Bonchev–Trinajstić information content (AvgIpc) is 3.34. The van der Waals surface area contributed by atoms with Crippen molar-refractivity contribution in [1.82, 2.24) is 15.2 Å². The average molecular weight is 549 g/mol. The maximum absolute atomic E-state index is 12.1. The maximum Gasteiger partial charge on any atom is 0.310 e. The Morgan fingerprint density at radius 2 is 2.28 bits per heavy atom. The Labute approximate surface area is 197 Å². The molecule has 3 heterocycles. The summed E-state index contributed by atoms with van der Waals surface area (Å²) < 4.78 is 5.19. The van der Waals surface area contributed by atoms with Crippen LogP contribution in [-0.4, -0.2) is 55.1 Å². The molecule has 0 aromatic carbocycles. The van der Waals surface area contributed by atoms with Crippen LogP contribution in [0.25, 0.3) is 10.6 Å². The quantitative estimate of drug-likeness (QED) is 0.254. The van der Waals surface area contributed by atoms with Gasteiger partial charge in [-0.15, -0.1) is 46.7 Å². The lowest BCUT2D eigenvalue weighted by atomic mass is 9.98. The van der Waals surface area contributed by atoms with E-state index < -0.39 is 0 Å². The fourth-order valence-electron chi connectivity index (χ4n) is 3.38. The minimum atomic E-state index is -0.0916. The summed E-state index contributed by atoms with van der Waals surface area (Å²) in [7, 11) is 1.80. The fourth-order valence-corrected chi connectivity index (χ4v) is 5.03. The molecule has 2 aromatic heterocycles. The molecule has 1 aliphatic heterocycles. The number of thiazole rings is 1. The molecule has 0 saturated carbocycles. The Hall–Kier alpha value is -1.20. The van der Waals surface area contributed by atoms with Crippen LogP contribution in [0.15, 0.2) is 22.5 Å². The van der Waals surface area contributed by atoms with Gasteiger partial charge in [0.05, 0.1) is 28.1 Å². The number of guanidine groups is 1. The number of thiophene rings is 1. The van der Waals surface area contributed by atoms with Crippen LogP contribution in [0.1, 0.15) is 29.7 Å². The van der Waals surface area contributed by atoms with Crippen LogP contribution in [0.3, 0.4) is 0 Å². The van der Waals surface area contributed by atoms with Gasteiger partial charge in [-0.05, 0) is 45.2 Å². The zero-order valence-electron chi connectivity index (χ0n) is 17.1. The van der Waals surface area contributed by atoms with Gasteiger partial charge in [0.2, 0.25) is 0 Å². The summed E-state index contributed by atoms with van der Waals surface area (Å²) in [6.07, 6.45) is 2.80. The third-order valence-corrected chi connectivity index (χ3v) is 6.68. The first kappa shape index (κ1) is 24.1. The Bertz CT molecular complexity index is 821. The number of rotatable bonds is 6. The summed E-state index contributed by atoms with van der Waals surface area (Å²) in [5.41, 5.74) is 1.07. The number of aromatic nitrogens is 1. The molecule has 6 nitrogen and oxygen atoms in total. The monoisotopic (exact) mass is 548 g/mol. The van der Waals surface area contributed by atoms with Gasteiger partial charge in [-0.1, -0.05) is 0 Å². The van der Waals surface area contributed by atoms with Crippen LogP contribution in [0.2, 0.25) is 0 Å². The third kappa shape index (κ3) is 6.65. The molecule has 0 radical (unpaired) electrons. The normalized spacial score (nSPS) is 17.0. The van der Waals surface area contributed by atoms with Crippen molar-refractivity contribution in [3.63, 3.8) is 0 Å². The second-order valence-corrected chi connectivity index (χ2v) is 9.01. The van der Waals surface area contributed by atoms with Gasteiger partial charge in [0.1, 0.15) is 0 Å². The van der Waals surface area contributed by atoms with E-state index in [1.54, 1.807) is 29.7 Å². The lowest BCUT2D eigenvalue weighted by Gasteiger charge is -2.33. The zero-order chi connectivity index (χ0) is 19.9. The fraction of sp³-hybridized carbons (Fsp3) is 0.550. The number of piperidine rings is 1. The molecule has 1 fully saturated rings. The number of ether oxygens (including phenoxy) is 1. The number of esters is 1. The summed E-state index contributed by atoms with van der Waals surface area (Å²) in [6.45, 7) is 6.72. The molecular formula is C20H29IN4O2S2. The van der Waals surface area contributed by atoms with E-state index in [-0.39, 0.29) is 35.9 Å². The summed E-state index contributed by atoms with van der Waals surface area (Å²) >= 11 is 3.48. The van der Waals surface area contributed by atoms with E-state index in [0.717, 1.165) is 49.0 Å². The van der Waals surface area contributed by atoms with E-state index in [0.29, 0.717) is 13.2 Å². The molecule has 0 aliphatic carbocycles. The summed E-state index contributed by atoms with van der Waals surface area (Å²) in [5, 5.41) is 6.66. The number of carbonyl (C=O) groups is 1. The first-order chi connectivity index (χ1) is 13.6. The van der Waals surface area contributed by atoms with Crippen molar-refractivity contribution < 1.29 is 9.53 Å². The molecule has 0 bridgehead atoms. The Morgan fingerprint density at radius 3 is 2.97 bits per heavy atom. The number of halogens is 1. The van der Waals surface area contributed by atoms with Crippen molar-refractivity contribution in [2.24, 2.45) is 10.9 Å². The van der Waals surface area contributed by atoms with E-state index in [1.807, 2.05) is 13.8 Å². The summed E-state index contributed by atoms with van der Waals surface area (Å²) in [6, 6.07) is 4.33. The van der Waals surface area contributed by atoms with Gasteiger partial charge in [0.25, 0.3) is 0 Å². The number of likely N-dealkylation sites (tertiary alicyclic amines) is 1. The van der Waals surface area contributed by atoms with Gasteiger partial charge < -0.3 is 15.0 Å². The summed E-state index contributed by atoms with van der Waals surface area (Å²) in [4.78, 5) is 25.8. The smallest absolute Gasteiger partial charge is 0.310 e. The van der Waals surface area contributed by atoms with E-state index in [4.69, 9.17) is 4.74 Å². The highest BCUT2D eigenvalue weighted by atomic mass is 127. The molecule has 29 heavy (non-hydrogen) atoms. The molecule has 2 aromatic rings. The van der Waals surface area contributed by atoms with Crippen LogP contribution in [0.4, 0.5) is 0 Å². The van der Waals surface area contributed by atoms with Crippen molar-refractivity contribution in [3.8, 4) is 10.6 Å². The highest BCUT2D eigenvalue weighted by Gasteiger charge is 2.28. The van der Waals surface area contributed by atoms with Crippen LogP contribution < -0.4 is 5.32 Å². The zero-order valence-corrected chi connectivity index (χ0v) is 21.1. The number of aryl methyl sites for hydroxylation is 1. The van der Waals surface area contributed by atoms with Gasteiger partial charge in [-0.2, -0.15) is 0 Å². The number of hydrogen-bond donors (Lipinski definition) is 1. The second-order valence-electron chi connectivity index (χ2n) is 6.78. The van der Waals surface area contributed by atoms with Crippen molar-refractivity contribution >= 4 is 58.6 Å². The Morgan fingerprint density at radius 1 is 1.45 bits per heavy atom. The van der Waals surface area contributed by atoms with Gasteiger partial charge in [-0.25, -0.2) is 4.98 Å². The van der Waals surface area contributed by atoms with Crippen molar-refractivity contribution in [3.05, 3.63) is 27.4 Å². The lowest BCUT2D eigenvalue weighted by molar-refractivity contribution is -0.149. The largest absolute Gasteiger partial charge is 0.466 e. The second kappa shape index (κ2) is 11.8. The van der Waals surface area contributed by atoms with Crippen LogP contribution >= 0.6 is 46.7 Å². The van der Waals surface area contributed by atoms with E-state index in [1.165, 1.54) is 9.75 Å². The highest BCUT2D eigenvalue weighted by Crippen LogP contribution is 2.29. The van der Waals surface area contributed by atoms with Gasteiger partial charge >= 0.3 is 5.97 Å². The number of nitrogens with zero attached hydrogens (tertiary/aromatic N) is 3. The van der Waals surface area contributed by atoms with E-state index in [2.05, 4.69) is 37.7 Å². The SMILES string of the molecule is CCOC(=O)[C@@H]1CCCN(C(=NC)NCCc2ccc(-c3csc(C)n3)s2)C1.I. The van der Waals surface area contributed by atoms with Crippen LogP contribution in [0.5, 0.6) is 0 Å². The molecule has 0 amide bonds. The van der Waals surface area contributed by atoms with Gasteiger partial charge in [0.15, 0.2) is 5.96 Å². The first-order valence-electron chi connectivity index (χ1n) is 9.74. The number of nitrogens with one attached hydrogen (secondary N) is 1. The van der Waals surface area contributed by atoms with Crippen molar-refractivity contribution in [2.75, 3.05) is 33.3 Å². The maximum atomic E-state index is 12.1. The Balaban J connectivity index is 0.00000300. The van der Waals surface area contributed by atoms with Crippen molar-refractivity contribution in [2.45, 2.75) is 33.1 Å². The summed E-state index contributed by atoms with van der Waals surface area (Å²) in [5.74, 6) is 0.709. The van der Waals surface area contributed by atoms with Gasteiger partial charge in [-0.3, -0.25) is 9.79 Å². The predicted molar refractivity (Wildman–Crippen MR) is 132 cm³/mol. The molecule has 0 unspecified atom stereocenters. The topological polar surface area (TPSA) is 66.8 Å². The van der Waals surface area contributed by atoms with E-state index in [9.17, 15) is 4.79 Å². The number of aliphatic imine (C=N–C) groups is 1. The molecule has 1 saturated heterocycles. The van der Waals surface area contributed by atoms with Crippen LogP contribution in [-0.2, 0) is 16.0 Å². The lowest BCUT2D eigenvalue weighted by Crippen LogP contribution is -2.48. The van der Waals surface area contributed by atoms with Crippen LogP contribution in [0, 0.1) is 12.8 Å². The number of hydrogen-bond acceptors (Lipinski definition) is 6. The molecule has 0 spiro atoms. The minimum Gasteiger partial charge on any atom is -0.466 e. The minimum absolute atomic E-state index is 0. The first-order valence-corrected chi connectivity index (χ1v) is 11.4. The molecule has 1 atom stereocenters. The van der Waals surface area contributed by atoms with Gasteiger partial charge in [0, 0.05) is 36.9 Å².